The van der Waals surface area contributed by atoms with Gasteiger partial charge in [0.1, 0.15) is 0 Å². The zero-order valence-corrected chi connectivity index (χ0v) is 13.2. The van der Waals surface area contributed by atoms with E-state index in [4.69, 9.17) is 0 Å². The van der Waals surface area contributed by atoms with Crippen LogP contribution in [-0.4, -0.2) is 4.98 Å². The van der Waals surface area contributed by atoms with Crippen molar-refractivity contribution >= 4 is 0 Å². The van der Waals surface area contributed by atoms with E-state index in [1.807, 2.05) is 42.6 Å². The second-order valence-electron chi connectivity index (χ2n) is 5.35. The van der Waals surface area contributed by atoms with Gasteiger partial charge in [-0.1, -0.05) is 76.9 Å². The predicted molar refractivity (Wildman–Crippen MR) is 88.6 cm³/mol. The molecule has 0 fully saturated rings. The van der Waals surface area contributed by atoms with E-state index in [0.717, 1.165) is 23.1 Å². The molecule has 2 unspecified atom stereocenters. The van der Waals surface area contributed by atoms with Gasteiger partial charge in [0.05, 0.1) is 5.69 Å². The van der Waals surface area contributed by atoms with Crippen molar-refractivity contribution in [3.63, 3.8) is 0 Å². The summed E-state index contributed by atoms with van der Waals surface area (Å²) in [6, 6.07) is 16.1. The van der Waals surface area contributed by atoms with Crippen LogP contribution in [0.1, 0.15) is 40.5 Å². The molecule has 0 radical (unpaired) electrons. The highest BCUT2D eigenvalue weighted by molar-refractivity contribution is 5.58. The maximum atomic E-state index is 4.25. The van der Waals surface area contributed by atoms with E-state index < -0.39 is 0 Å². The monoisotopic (exact) mass is 269 g/mol. The van der Waals surface area contributed by atoms with E-state index in [1.54, 1.807) is 0 Å². The van der Waals surface area contributed by atoms with E-state index in [2.05, 4.69) is 44.8 Å². The Kier molecular flexibility index (Phi) is 7.64. The molecule has 0 saturated carbocycles. The maximum Gasteiger partial charge on any atom is 0.0701 e. The Labute approximate surface area is 124 Å². The summed E-state index contributed by atoms with van der Waals surface area (Å²) in [5, 5.41) is 0. The Balaban J connectivity index is 0.000000221. The maximum absolute atomic E-state index is 4.25. The van der Waals surface area contributed by atoms with Crippen molar-refractivity contribution in [2.75, 3.05) is 0 Å². The molecule has 0 amide bonds. The van der Waals surface area contributed by atoms with Crippen LogP contribution in [0, 0.1) is 11.8 Å². The fraction of sp³-hybridized carbons (Fsp3) is 0.421. The molecule has 0 spiro atoms. The summed E-state index contributed by atoms with van der Waals surface area (Å²) in [5.41, 5.74) is 2.19. The first-order valence-corrected chi connectivity index (χ1v) is 7.65. The number of hydrogen-bond donors (Lipinski definition) is 0. The molecule has 0 aliphatic carbocycles. The third-order valence-corrected chi connectivity index (χ3v) is 3.99. The van der Waals surface area contributed by atoms with Crippen molar-refractivity contribution in [1.29, 1.82) is 0 Å². The van der Waals surface area contributed by atoms with Crippen molar-refractivity contribution < 1.29 is 0 Å². The normalized spacial score (nSPS) is 13.0. The zero-order valence-electron chi connectivity index (χ0n) is 13.2. The summed E-state index contributed by atoms with van der Waals surface area (Å²) in [6.07, 6.45) is 4.46. The average Bonchev–Trinajstić information content (AvgIpc) is 2.55. The molecule has 0 aliphatic rings. The molecule has 0 N–H and O–H groups in total. The minimum absolute atomic E-state index is 0.917. The lowest BCUT2D eigenvalue weighted by Crippen LogP contribution is -2.04. The summed E-state index contributed by atoms with van der Waals surface area (Å²) >= 11 is 0. The largest absolute Gasteiger partial charge is 0.256 e. The van der Waals surface area contributed by atoms with E-state index in [-0.39, 0.29) is 0 Å². The molecular weight excluding hydrogens is 242 g/mol. The SMILES string of the molecule is CCC(C)C(C)CC.c1ccc(-c2ccccn2)cc1. The molecule has 108 valence electrons. The van der Waals surface area contributed by atoms with E-state index in [9.17, 15) is 0 Å². The van der Waals surface area contributed by atoms with Crippen molar-refractivity contribution in [3.05, 3.63) is 54.7 Å². The van der Waals surface area contributed by atoms with Crippen molar-refractivity contribution in [2.24, 2.45) is 11.8 Å². The third-order valence-electron chi connectivity index (χ3n) is 3.99. The quantitative estimate of drug-likeness (QED) is 0.680. The molecule has 1 nitrogen and oxygen atoms in total. The fourth-order valence-electron chi connectivity index (χ4n) is 1.95. The highest BCUT2D eigenvalue weighted by Gasteiger charge is 2.05. The van der Waals surface area contributed by atoms with Crippen LogP contribution in [0.4, 0.5) is 0 Å². The van der Waals surface area contributed by atoms with Crippen LogP contribution in [0.3, 0.4) is 0 Å². The minimum atomic E-state index is 0.917. The molecule has 1 aromatic heterocycles. The zero-order chi connectivity index (χ0) is 14.8. The Morgan fingerprint density at radius 1 is 0.800 bits per heavy atom. The molecule has 1 heterocycles. The van der Waals surface area contributed by atoms with E-state index >= 15 is 0 Å². The van der Waals surface area contributed by atoms with Crippen molar-refractivity contribution in [2.45, 2.75) is 40.5 Å². The van der Waals surface area contributed by atoms with Gasteiger partial charge < -0.3 is 0 Å². The first-order chi connectivity index (χ1) is 9.69. The summed E-state index contributed by atoms with van der Waals surface area (Å²) in [5.74, 6) is 1.83. The van der Waals surface area contributed by atoms with Crippen LogP contribution in [0.2, 0.25) is 0 Å². The predicted octanol–water partition coefficient (Wildman–Crippen LogP) is 5.83. The number of hydrogen-bond acceptors (Lipinski definition) is 1. The molecule has 2 rings (SSSR count). The Bertz CT molecular complexity index is 404. The topological polar surface area (TPSA) is 12.9 Å². The Hall–Kier alpha value is -1.63. The van der Waals surface area contributed by atoms with E-state index in [1.165, 1.54) is 12.8 Å². The average molecular weight is 269 g/mol. The summed E-state index contributed by atoms with van der Waals surface area (Å²) in [4.78, 5) is 4.25. The summed E-state index contributed by atoms with van der Waals surface area (Å²) in [6.45, 7) is 9.18. The number of benzene rings is 1. The second kappa shape index (κ2) is 9.30. The summed E-state index contributed by atoms with van der Waals surface area (Å²) in [7, 11) is 0. The van der Waals surface area contributed by atoms with Gasteiger partial charge in [0.2, 0.25) is 0 Å². The minimum Gasteiger partial charge on any atom is -0.256 e. The lowest BCUT2D eigenvalue weighted by Gasteiger charge is -2.14. The smallest absolute Gasteiger partial charge is 0.0701 e. The van der Waals surface area contributed by atoms with Gasteiger partial charge in [-0.15, -0.1) is 0 Å². The second-order valence-corrected chi connectivity index (χ2v) is 5.35. The van der Waals surface area contributed by atoms with Gasteiger partial charge >= 0.3 is 0 Å². The van der Waals surface area contributed by atoms with Gasteiger partial charge in [0, 0.05) is 11.8 Å². The molecule has 2 aromatic rings. The van der Waals surface area contributed by atoms with Gasteiger partial charge in [-0.05, 0) is 24.0 Å². The van der Waals surface area contributed by atoms with Crippen LogP contribution >= 0.6 is 0 Å². The van der Waals surface area contributed by atoms with Gasteiger partial charge in [-0.25, -0.2) is 0 Å². The lowest BCUT2D eigenvalue weighted by molar-refractivity contribution is 0.367. The highest BCUT2D eigenvalue weighted by atomic mass is 14.7. The number of nitrogens with zero attached hydrogens (tertiary/aromatic N) is 1. The molecule has 0 bridgehead atoms. The fourth-order valence-corrected chi connectivity index (χ4v) is 1.95. The van der Waals surface area contributed by atoms with Gasteiger partial charge in [-0.2, -0.15) is 0 Å². The molecule has 2 atom stereocenters. The Morgan fingerprint density at radius 3 is 1.80 bits per heavy atom. The first-order valence-electron chi connectivity index (χ1n) is 7.65. The van der Waals surface area contributed by atoms with Gasteiger partial charge in [-0.3, -0.25) is 4.98 Å². The van der Waals surface area contributed by atoms with Crippen molar-refractivity contribution in [3.8, 4) is 11.3 Å². The van der Waals surface area contributed by atoms with Crippen LogP contribution in [0.15, 0.2) is 54.7 Å². The first kappa shape index (κ1) is 16.4. The highest BCUT2D eigenvalue weighted by Crippen LogP contribution is 2.16. The lowest BCUT2D eigenvalue weighted by atomic mass is 9.92. The van der Waals surface area contributed by atoms with Gasteiger partial charge in [0.15, 0.2) is 0 Å². The standard InChI is InChI=1S/C11H9N.C8H18/c1-2-6-10(7-3-1)11-8-4-5-9-12-11;1-5-7(3)8(4)6-2/h1-9H;7-8H,5-6H2,1-4H3. The molecule has 1 aromatic carbocycles. The third kappa shape index (κ3) is 5.56. The van der Waals surface area contributed by atoms with Crippen LogP contribution in [0.25, 0.3) is 11.3 Å². The molecule has 20 heavy (non-hydrogen) atoms. The molecular formula is C19H27N. The van der Waals surface area contributed by atoms with Crippen molar-refractivity contribution in [1.82, 2.24) is 4.98 Å². The molecule has 0 saturated heterocycles. The number of aromatic nitrogens is 1. The Morgan fingerprint density at radius 2 is 1.35 bits per heavy atom. The van der Waals surface area contributed by atoms with Crippen LogP contribution < -0.4 is 0 Å². The van der Waals surface area contributed by atoms with Gasteiger partial charge in [0.25, 0.3) is 0 Å². The molecule has 0 aliphatic heterocycles. The van der Waals surface area contributed by atoms with Crippen LogP contribution in [0.5, 0.6) is 0 Å². The van der Waals surface area contributed by atoms with Crippen LogP contribution in [-0.2, 0) is 0 Å². The molecule has 1 heteroatoms. The van der Waals surface area contributed by atoms with E-state index in [0.29, 0.717) is 0 Å². The summed E-state index contributed by atoms with van der Waals surface area (Å²) < 4.78 is 0. The number of pyridine rings is 1. The number of rotatable bonds is 4.